The second-order valence-corrected chi connectivity index (χ2v) is 6.90. The summed E-state index contributed by atoms with van der Waals surface area (Å²) in [5.41, 5.74) is 8.60. The van der Waals surface area contributed by atoms with Gasteiger partial charge < -0.3 is 16.0 Å². The van der Waals surface area contributed by atoms with E-state index in [0.29, 0.717) is 12.1 Å². The number of para-hydroxylation sites is 1. The summed E-state index contributed by atoms with van der Waals surface area (Å²) in [4.78, 5) is 17.2. The number of nitrogens with two attached hydrogens (primary N) is 1. The SMILES string of the molecule is CC(CN1CCN(c2ccccc2)CC1)NC(=O)c1ccc(CN)cc1.Cl. The van der Waals surface area contributed by atoms with Crippen molar-refractivity contribution in [3.63, 3.8) is 0 Å². The fourth-order valence-corrected chi connectivity index (χ4v) is 3.36. The number of nitrogens with one attached hydrogen (secondary N) is 1. The average Bonchev–Trinajstić information content (AvgIpc) is 2.69. The van der Waals surface area contributed by atoms with Crippen LogP contribution in [0.3, 0.4) is 0 Å². The van der Waals surface area contributed by atoms with Crippen molar-refractivity contribution < 1.29 is 4.79 Å². The van der Waals surface area contributed by atoms with Crippen LogP contribution in [0.4, 0.5) is 5.69 Å². The molecule has 0 radical (unpaired) electrons. The summed E-state index contributed by atoms with van der Waals surface area (Å²) >= 11 is 0. The third kappa shape index (κ3) is 5.96. The number of hydrogen-bond donors (Lipinski definition) is 2. The summed E-state index contributed by atoms with van der Waals surface area (Å²) < 4.78 is 0. The minimum Gasteiger partial charge on any atom is -0.369 e. The number of carbonyl (C=O) groups is 1. The van der Waals surface area contributed by atoms with Crippen molar-refractivity contribution in [3.05, 3.63) is 65.7 Å². The molecular formula is C21H29ClN4O. The van der Waals surface area contributed by atoms with Gasteiger partial charge in [0.15, 0.2) is 0 Å². The zero-order valence-electron chi connectivity index (χ0n) is 15.8. The first-order chi connectivity index (χ1) is 12.7. The molecule has 0 bridgehead atoms. The number of nitrogens with zero attached hydrogens (tertiary/aromatic N) is 2. The lowest BCUT2D eigenvalue weighted by atomic mass is 10.1. The Kier molecular flexibility index (Phi) is 8.10. The Bertz CT molecular complexity index is 700. The molecule has 1 fully saturated rings. The van der Waals surface area contributed by atoms with Gasteiger partial charge in [-0.1, -0.05) is 30.3 Å². The van der Waals surface area contributed by atoms with Crippen molar-refractivity contribution in [3.8, 4) is 0 Å². The molecule has 0 aliphatic carbocycles. The van der Waals surface area contributed by atoms with Gasteiger partial charge in [-0.25, -0.2) is 0 Å². The molecule has 1 aliphatic heterocycles. The molecule has 1 saturated heterocycles. The van der Waals surface area contributed by atoms with E-state index in [-0.39, 0.29) is 24.4 Å². The number of carbonyl (C=O) groups excluding carboxylic acids is 1. The Morgan fingerprint density at radius 2 is 1.67 bits per heavy atom. The minimum absolute atomic E-state index is 0. The number of amides is 1. The van der Waals surface area contributed by atoms with Crippen LogP contribution in [0.25, 0.3) is 0 Å². The highest BCUT2D eigenvalue weighted by atomic mass is 35.5. The van der Waals surface area contributed by atoms with Crippen molar-refractivity contribution in [2.45, 2.75) is 19.5 Å². The highest BCUT2D eigenvalue weighted by Gasteiger charge is 2.19. The fraction of sp³-hybridized carbons (Fsp3) is 0.381. The molecule has 0 aromatic heterocycles. The summed E-state index contributed by atoms with van der Waals surface area (Å²) in [6.07, 6.45) is 0. The standard InChI is InChI=1S/C21H28N4O.ClH/c1-17(23-21(26)19-9-7-18(15-22)8-10-19)16-24-11-13-25(14-12-24)20-5-3-2-4-6-20;/h2-10,17H,11-16,22H2,1H3,(H,23,26);1H. The first-order valence-corrected chi connectivity index (χ1v) is 9.28. The normalized spacial score (nSPS) is 15.7. The predicted molar refractivity (Wildman–Crippen MR) is 114 cm³/mol. The van der Waals surface area contributed by atoms with E-state index in [1.807, 2.05) is 30.3 Å². The Balaban J connectivity index is 0.00000261. The molecule has 0 spiro atoms. The first-order valence-electron chi connectivity index (χ1n) is 9.28. The van der Waals surface area contributed by atoms with Crippen molar-refractivity contribution in [1.29, 1.82) is 0 Å². The topological polar surface area (TPSA) is 61.6 Å². The van der Waals surface area contributed by atoms with Crippen LogP contribution < -0.4 is 16.0 Å². The van der Waals surface area contributed by atoms with Crippen molar-refractivity contribution in [1.82, 2.24) is 10.2 Å². The molecule has 27 heavy (non-hydrogen) atoms. The maximum Gasteiger partial charge on any atom is 0.251 e. The van der Waals surface area contributed by atoms with Crippen LogP contribution in [0.15, 0.2) is 54.6 Å². The van der Waals surface area contributed by atoms with Crippen LogP contribution in [0.1, 0.15) is 22.8 Å². The van der Waals surface area contributed by atoms with E-state index in [4.69, 9.17) is 5.73 Å². The van der Waals surface area contributed by atoms with E-state index in [0.717, 1.165) is 38.3 Å². The minimum atomic E-state index is -0.0241. The highest BCUT2D eigenvalue weighted by molar-refractivity contribution is 5.94. The number of benzene rings is 2. The van der Waals surface area contributed by atoms with Gasteiger partial charge in [-0.05, 0) is 36.8 Å². The molecule has 2 aromatic rings. The van der Waals surface area contributed by atoms with Gasteiger partial charge in [0.25, 0.3) is 5.91 Å². The van der Waals surface area contributed by atoms with Crippen LogP contribution in [-0.4, -0.2) is 49.6 Å². The summed E-state index contributed by atoms with van der Waals surface area (Å²) in [5.74, 6) is -0.0241. The van der Waals surface area contributed by atoms with Crippen molar-refractivity contribution in [2.75, 3.05) is 37.6 Å². The third-order valence-electron chi connectivity index (χ3n) is 4.86. The number of anilines is 1. The summed E-state index contributed by atoms with van der Waals surface area (Å²) in [6.45, 7) is 7.50. The molecule has 5 nitrogen and oxygen atoms in total. The molecule has 1 amide bonds. The van der Waals surface area contributed by atoms with E-state index in [1.54, 1.807) is 0 Å². The van der Waals surface area contributed by atoms with Gasteiger partial charge in [0, 0.05) is 56.6 Å². The lowest BCUT2D eigenvalue weighted by molar-refractivity contribution is 0.0928. The monoisotopic (exact) mass is 388 g/mol. The molecule has 6 heteroatoms. The van der Waals surface area contributed by atoms with Crippen LogP contribution in [0.2, 0.25) is 0 Å². The van der Waals surface area contributed by atoms with E-state index < -0.39 is 0 Å². The molecule has 1 unspecified atom stereocenters. The Labute approximate surface area is 167 Å². The van der Waals surface area contributed by atoms with Crippen molar-refractivity contribution in [2.24, 2.45) is 5.73 Å². The van der Waals surface area contributed by atoms with Crippen LogP contribution >= 0.6 is 12.4 Å². The molecule has 3 rings (SSSR count). The average molecular weight is 389 g/mol. The van der Waals surface area contributed by atoms with Gasteiger partial charge in [0.2, 0.25) is 0 Å². The van der Waals surface area contributed by atoms with Gasteiger partial charge in [-0.2, -0.15) is 0 Å². The lowest BCUT2D eigenvalue weighted by Crippen LogP contribution is -2.50. The highest BCUT2D eigenvalue weighted by Crippen LogP contribution is 2.15. The van der Waals surface area contributed by atoms with Crippen LogP contribution in [0, 0.1) is 0 Å². The molecule has 1 aliphatic rings. The van der Waals surface area contributed by atoms with E-state index in [2.05, 4.69) is 46.3 Å². The van der Waals surface area contributed by atoms with Crippen LogP contribution in [-0.2, 0) is 6.54 Å². The molecular weight excluding hydrogens is 360 g/mol. The quantitative estimate of drug-likeness (QED) is 0.798. The number of hydrogen-bond acceptors (Lipinski definition) is 4. The smallest absolute Gasteiger partial charge is 0.251 e. The second kappa shape index (κ2) is 10.3. The molecule has 146 valence electrons. The molecule has 1 atom stereocenters. The van der Waals surface area contributed by atoms with E-state index in [1.165, 1.54) is 5.69 Å². The summed E-state index contributed by atoms with van der Waals surface area (Å²) in [7, 11) is 0. The number of halogens is 1. The third-order valence-corrected chi connectivity index (χ3v) is 4.86. The molecule has 3 N–H and O–H groups in total. The molecule has 2 aromatic carbocycles. The van der Waals surface area contributed by atoms with Gasteiger partial charge in [0.05, 0.1) is 0 Å². The van der Waals surface area contributed by atoms with Gasteiger partial charge in [0.1, 0.15) is 0 Å². The zero-order valence-corrected chi connectivity index (χ0v) is 16.6. The Morgan fingerprint density at radius 1 is 1.04 bits per heavy atom. The van der Waals surface area contributed by atoms with Gasteiger partial charge >= 0.3 is 0 Å². The predicted octanol–water partition coefficient (Wildman–Crippen LogP) is 2.51. The summed E-state index contributed by atoms with van der Waals surface area (Å²) in [6, 6.07) is 18.1. The van der Waals surface area contributed by atoms with E-state index >= 15 is 0 Å². The largest absolute Gasteiger partial charge is 0.369 e. The van der Waals surface area contributed by atoms with Crippen LogP contribution in [0.5, 0.6) is 0 Å². The lowest BCUT2D eigenvalue weighted by Gasteiger charge is -2.37. The second-order valence-electron chi connectivity index (χ2n) is 6.90. The fourth-order valence-electron chi connectivity index (χ4n) is 3.36. The number of rotatable bonds is 6. The van der Waals surface area contributed by atoms with Gasteiger partial charge in [-0.3, -0.25) is 9.69 Å². The van der Waals surface area contributed by atoms with Crippen molar-refractivity contribution >= 4 is 24.0 Å². The maximum atomic E-state index is 12.4. The zero-order chi connectivity index (χ0) is 18.4. The Hall–Kier alpha value is -2.08. The maximum absolute atomic E-state index is 12.4. The first kappa shape index (κ1) is 21.2. The van der Waals surface area contributed by atoms with E-state index in [9.17, 15) is 4.79 Å². The molecule has 1 heterocycles. The molecule has 0 saturated carbocycles. The summed E-state index contributed by atoms with van der Waals surface area (Å²) in [5, 5.41) is 3.10. The number of piperazine rings is 1. The Morgan fingerprint density at radius 3 is 2.26 bits per heavy atom. The van der Waals surface area contributed by atoms with Gasteiger partial charge in [-0.15, -0.1) is 12.4 Å².